The molecular formula is C11H11BrClN3O2S. The van der Waals surface area contributed by atoms with E-state index < -0.39 is 10.0 Å². The highest BCUT2D eigenvalue weighted by atomic mass is 79.9. The summed E-state index contributed by atoms with van der Waals surface area (Å²) in [6, 6.07) is 4.84. The fourth-order valence-corrected chi connectivity index (χ4v) is 3.31. The van der Waals surface area contributed by atoms with Crippen LogP contribution in [0.1, 0.15) is 5.69 Å². The van der Waals surface area contributed by atoms with E-state index in [1.165, 1.54) is 16.9 Å². The topological polar surface area (TPSA) is 64.0 Å². The van der Waals surface area contributed by atoms with Gasteiger partial charge in [0.2, 0.25) is 0 Å². The summed E-state index contributed by atoms with van der Waals surface area (Å²) in [7, 11) is -1.99. The Bertz CT molecular complexity index is 728. The van der Waals surface area contributed by atoms with Crippen LogP contribution in [0.4, 0.5) is 5.69 Å². The third-order valence-corrected chi connectivity index (χ3v) is 5.15. The standard InChI is InChI=1S/C11H11BrClN3O2S/c1-7-11(6-16(2)14-7)19(17,18)15-8-3-4-9(12)10(13)5-8/h3-6,15H,1-2H3. The van der Waals surface area contributed by atoms with E-state index >= 15 is 0 Å². The number of aromatic nitrogens is 2. The third kappa shape index (κ3) is 3.10. The molecule has 1 heterocycles. The van der Waals surface area contributed by atoms with E-state index in [4.69, 9.17) is 11.6 Å². The molecule has 0 spiro atoms. The first-order valence-electron chi connectivity index (χ1n) is 5.28. The minimum atomic E-state index is -3.66. The highest BCUT2D eigenvalue weighted by Crippen LogP contribution is 2.27. The molecule has 2 aromatic rings. The number of aryl methyl sites for hydroxylation is 2. The monoisotopic (exact) mass is 363 g/mol. The van der Waals surface area contributed by atoms with Gasteiger partial charge in [-0.3, -0.25) is 9.40 Å². The molecule has 0 saturated heterocycles. The number of nitrogens with one attached hydrogen (secondary N) is 1. The zero-order chi connectivity index (χ0) is 14.2. The lowest BCUT2D eigenvalue weighted by Crippen LogP contribution is -2.13. The van der Waals surface area contributed by atoms with Crippen LogP contribution in [0.5, 0.6) is 0 Å². The van der Waals surface area contributed by atoms with Crippen molar-refractivity contribution in [1.29, 1.82) is 0 Å². The van der Waals surface area contributed by atoms with Crippen molar-refractivity contribution in [2.45, 2.75) is 11.8 Å². The number of anilines is 1. The van der Waals surface area contributed by atoms with E-state index in [-0.39, 0.29) is 4.90 Å². The van der Waals surface area contributed by atoms with Gasteiger partial charge in [0, 0.05) is 17.7 Å². The molecule has 0 aliphatic carbocycles. The zero-order valence-corrected chi connectivity index (χ0v) is 13.3. The summed E-state index contributed by atoms with van der Waals surface area (Å²) in [5.74, 6) is 0. The van der Waals surface area contributed by atoms with Gasteiger partial charge in [-0.2, -0.15) is 5.10 Å². The van der Waals surface area contributed by atoms with Gasteiger partial charge in [-0.05, 0) is 41.1 Å². The molecule has 102 valence electrons. The largest absolute Gasteiger partial charge is 0.279 e. The average Bonchev–Trinajstić information content (AvgIpc) is 2.63. The van der Waals surface area contributed by atoms with E-state index in [1.54, 1.807) is 26.1 Å². The van der Waals surface area contributed by atoms with Crippen LogP contribution < -0.4 is 4.72 Å². The average molecular weight is 365 g/mol. The number of sulfonamides is 1. The van der Waals surface area contributed by atoms with Gasteiger partial charge in [-0.25, -0.2) is 8.42 Å². The quantitative estimate of drug-likeness (QED) is 0.910. The maximum atomic E-state index is 12.2. The van der Waals surface area contributed by atoms with Crippen LogP contribution in [-0.4, -0.2) is 18.2 Å². The molecule has 0 unspecified atom stereocenters. The molecule has 5 nitrogen and oxygen atoms in total. The van der Waals surface area contributed by atoms with Crippen molar-refractivity contribution in [3.63, 3.8) is 0 Å². The lowest BCUT2D eigenvalue weighted by molar-refractivity contribution is 0.600. The zero-order valence-electron chi connectivity index (χ0n) is 10.2. The molecule has 0 aliphatic heterocycles. The van der Waals surface area contributed by atoms with Crippen LogP contribution in [-0.2, 0) is 17.1 Å². The Balaban J connectivity index is 2.36. The summed E-state index contributed by atoms with van der Waals surface area (Å²) in [5.41, 5.74) is 0.842. The van der Waals surface area contributed by atoms with Crippen molar-refractivity contribution < 1.29 is 8.42 Å². The first kappa shape index (κ1) is 14.4. The minimum Gasteiger partial charge on any atom is -0.279 e. The van der Waals surface area contributed by atoms with Gasteiger partial charge in [0.25, 0.3) is 10.0 Å². The summed E-state index contributed by atoms with van der Waals surface area (Å²) in [6.07, 6.45) is 1.46. The van der Waals surface area contributed by atoms with E-state index in [0.29, 0.717) is 20.9 Å². The predicted molar refractivity (Wildman–Crippen MR) is 77.9 cm³/mol. The summed E-state index contributed by atoms with van der Waals surface area (Å²) >= 11 is 9.17. The lowest BCUT2D eigenvalue weighted by atomic mass is 10.3. The van der Waals surface area contributed by atoms with Crippen molar-refractivity contribution in [3.05, 3.63) is 39.6 Å². The Labute approximate surface area is 124 Å². The van der Waals surface area contributed by atoms with Gasteiger partial charge in [-0.15, -0.1) is 0 Å². The van der Waals surface area contributed by atoms with Crippen molar-refractivity contribution in [3.8, 4) is 0 Å². The van der Waals surface area contributed by atoms with E-state index in [0.717, 1.165) is 0 Å². The Morgan fingerprint density at radius 1 is 1.42 bits per heavy atom. The number of benzene rings is 1. The molecule has 0 saturated carbocycles. The summed E-state index contributed by atoms with van der Waals surface area (Å²) in [6.45, 7) is 1.64. The Hall–Kier alpha value is -1.05. The number of nitrogens with zero attached hydrogens (tertiary/aromatic N) is 2. The van der Waals surface area contributed by atoms with Crippen LogP contribution >= 0.6 is 27.5 Å². The first-order valence-corrected chi connectivity index (χ1v) is 7.93. The first-order chi connectivity index (χ1) is 8.79. The SMILES string of the molecule is Cc1nn(C)cc1S(=O)(=O)Nc1ccc(Br)c(Cl)c1. The van der Waals surface area contributed by atoms with Crippen molar-refractivity contribution in [2.24, 2.45) is 7.05 Å². The summed E-state index contributed by atoms with van der Waals surface area (Å²) in [5, 5.41) is 4.45. The Kier molecular flexibility index (Phi) is 3.89. The Morgan fingerprint density at radius 2 is 2.11 bits per heavy atom. The van der Waals surface area contributed by atoms with Gasteiger partial charge in [0.1, 0.15) is 4.90 Å². The second kappa shape index (κ2) is 5.15. The number of hydrogen-bond donors (Lipinski definition) is 1. The molecule has 0 fully saturated rings. The predicted octanol–water partition coefficient (Wildman–Crippen LogP) is 2.95. The molecule has 1 N–H and O–H groups in total. The van der Waals surface area contributed by atoms with Crippen LogP contribution in [0.15, 0.2) is 33.8 Å². The second-order valence-electron chi connectivity index (χ2n) is 3.99. The number of rotatable bonds is 3. The molecule has 19 heavy (non-hydrogen) atoms. The fraction of sp³-hybridized carbons (Fsp3) is 0.182. The molecule has 2 rings (SSSR count). The van der Waals surface area contributed by atoms with Crippen molar-refractivity contribution >= 4 is 43.2 Å². The van der Waals surface area contributed by atoms with Gasteiger partial charge in [0.05, 0.1) is 16.4 Å². The van der Waals surface area contributed by atoms with Gasteiger partial charge >= 0.3 is 0 Å². The smallest absolute Gasteiger partial charge is 0.265 e. The maximum absolute atomic E-state index is 12.2. The fourth-order valence-electron chi connectivity index (χ4n) is 1.61. The number of hydrogen-bond acceptors (Lipinski definition) is 3. The van der Waals surface area contributed by atoms with Crippen molar-refractivity contribution in [2.75, 3.05) is 4.72 Å². The molecule has 0 atom stereocenters. The molecule has 8 heteroatoms. The van der Waals surface area contributed by atoms with Gasteiger partial charge in [0.15, 0.2) is 0 Å². The van der Waals surface area contributed by atoms with Crippen LogP contribution in [0, 0.1) is 6.92 Å². The molecule has 0 amide bonds. The van der Waals surface area contributed by atoms with Gasteiger partial charge < -0.3 is 0 Å². The normalized spacial score (nSPS) is 11.6. The molecular weight excluding hydrogens is 354 g/mol. The highest BCUT2D eigenvalue weighted by Gasteiger charge is 2.20. The Morgan fingerprint density at radius 3 is 2.63 bits per heavy atom. The molecule has 1 aromatic carbocycles. The lowest BCUT2D eigenvalue weighted by Gasteiger charge is -2.07. The van der Waals surface area contributed by atoms with Crippen LogP contribution in [0.2, 0.25) is 5.02 Å². The molecule has 0 aliphatic rings. The van der Waals surface area contributed by atoms with Crippen LogP contribution in [0.25, 0.3) is 0 Å². The van der Waals surface area contributed by atoms with Crippen molar-refractivity contribution in [1.82, 2.24) is 9.78 Å². The van der Waals surface area contributed by atoms with E-state index in [1.807, 2.05) is 0 Å². The van der Waals surface area contributed by atoms with Crippen LogP contribution in [0.3, 0.4) is 0 Å². The molecule has 0 bridgehead atoms. The van der Waals surface area contributed by atoms with E-state index in [9.17, 15) is 8.42 Å². The maximum Gasteiger partial charge on any atom is 0.265 e. The number of halogens is 2. The van der Waals surface area contributed by atoms with E-state index in [2.05, 4.69) is 25.8 Å². The second-order valence-corrected chi connectivity index (χ2v) is 6.90. The third-order valence-electron chi connectivity index (χ3n) is 2.43. The summed E-state index contributed by atoms with van der Waals surface area (Å²) in [4.78, 5) is 0.147. The van der Waals surface area contributed by atoms with Gasteiger partial charge in [-0.1, -0.05) is 11.6 Å². The highest BCUT2D eigenvalue weighted by molar-refractivity contribution is 9.10. The summed E-state index contributed by atoms with van der Waals surface area (Å²) < 4.78 is 29.1. The minimum absolute atomic E-state index is 0.147. The molecule has 1 aromatic heterocycles. The molecule has 0 radical (unpaired) electrons.